The standard InChI is InChI=1S/C15H18ClN3S/c1-3-6-12-14(17-2)18-10-19-15(12)20-9-11-7-4-5-8-13(11)16/h4-5,7-8,10H,3,6,9H2,1-2H3,(H,17,18,19). The largest absolute Gasteiger partial charge is 0.373 e. The third kappa shape index (κ3) is 3.64. The van der Waals surface area contributed by atoms with Crippen molar-refractivity contribution in [3.8, 4) is 0 Å². The van der Waals surface area contributed by atoms with Crippen molar-refractivity contribution < 1.29 is 0 Å². The molecule has 0 spiro atoms. The molecule has 0 aliphatic rings. The summed E-state index contributed by atoms with van der Waals surface area (Å²) in [5.74, 6) is 1.74. The number of hydrogen-bond acceptors (Lipinski definition) is 4. The molecule has 2 aromatic rings. The first-order valence-corrected chi connectivity index (χ1v) is 8.00. The molecular formula is C15H18ClN3S. The Morgan fingerprint density at radius 3 is 2.75 bits per heavy atom. The van der Waals surface area contributed by atoms with Crippen molar-refractivity contribution in [2.75, 3.05) is 12.4 Å². The Balaban J connectivity index is 2.19. The SMILES string of the molecule is CCCc1c(NC)ncnc1SCc1ccccc1Cl. The highest BCUT2D eigenvalue weighted by atomic mass is 35.5. The highest BCUT2D eigenvalue weighted by Crippen LogP contribution is 2.30. The minimum absolute atomic E-state index is 0.805. The topological polar surface area (TPSA) is 37.8 Å². The van der Waals surface area contributed by atoms with Crippen LogP contribution in [0.5, 0.6) is 0 Å². The molecule has 0 aliphatic carbocycles. The summed E-state index contributed by atoms with van der Waals surface area (Å²) < 4.78 is 0. The van der Waals surface area contributed by atoms with E-state index in [1.807, 2.05) is 25.2 Å². The molecule has 0 fully saturated rings. The molecule has 0 saturated heterocycles. The highest BCUT2D eigenvalue weighted by Gasteiger charge is 2.11. The number of nitrogens with one attached hydrogen (secondary N) is 1. The van der Waals surface area contributed by atoms with Gasteiger partial charge in [-0.1, -0.05) is 43.1 Å². The molecule has 1 N–H and O–H groups in total. The second kappa shape index (κ2) is 7.50. The van der Waals surface area contributed by atoms with Gasteiger partial charge >= 0.3 is 0 Å². The maximum Gasteiger partial charge on any atom is 0.133 e. The molecule has 0 unspecified atom stereocenters. The number of thioether (sulfide) groups is 1. The van der Waals surface area contributed by atoms with Gasteiger partial charge < -0.3 is 5.32 Å². The van der Waals surface area contributed by atoms with Crippen LogP contribution < -0.4 is 5.32 Å². The molecule has 1 heterocycles. The maximum absolute atomic E-state index is 6.19. The fourth-order valence-electron chi connectivity index (χ4n) is 1.97. The van der Waals surface area contributed by atoms with Crippen LogP contribution in [0.15, 0.2) is 35.6 Å². The van der Waals surface area contributed by atoms with Gasteiger partial charge in [0, 0.05) is 23.4 Å². The molecule has 3 nitrogen and oxygen atoms in total. The molecule has 0 aliphatic heterocycles. The Kier molecular flexibility index (Phi) is 5.68. The van der Waals surface area contributed by atoms with Crippen LogP contribution in [0.4, 0.5) is 5.82 Å². The van der Waals surface area contributed by atoms with E-state index in [4.69, 9.17) is 11.6 Å². The Morgan fingerprint density at radius 2 is 2.05 bits per heavy atom. The molecule has 0 atom stereocenters. The van der Waals surface area contributed by atoms with E-state index in [1.54, 1.807) is 18.1 Å². The van der Waals surface area contributed by atoms with Crippen molar-refractivity contribution in [3.05, 3.63) is 46.7 Å². The second-order valence-electron chi connectivity index (χ2n) is 4.39. The number of nitrogens with zero attached hydrogens (tertiary/aromatic N) is 2. The van der Waals surface area contributed by atoms with Crippen molar-refractivity contribution in [2.45, 2.75) is 30.5 Å². The number of anilines is 1. The molecule has 0 amide bonds. The van der Waals surface area contributed by atoms with E-state index < -0.39 is 0 Å². The average molecular weight is 308 g/mol. The van der Waals surface area contributed by atoms with Crippen molar-refractivity contribution >= 4 is 29.2 Å². The fraction of sp³-hybridized carbons (Fsp3) is 0.333. The Labute approximate surface area is 129 Å². The normalized spacial score (nSPS) is 10.6. The minimum atomic E-state index is 0.805. The van der Waals surface area contributed by atoms with Crippen LogP contribution in [0.2, 0.25) is 5.02 Å². The van der Waals surface area contributed by atoms with Crippen molar-refractivity contribution in [3.63, 3.8) is 0 Å². The van der Waals surface area contributed by atoms with E-state index in [0.717, 1.165) is 40.0 Å². The Morgan fingerprint density at radius 1 is 1.25 bits per heavy atom. The van der Waals surface area contributed by atoms with Crippen LogP contribution in [0.3, 0.4) is 0 Å². The lowest BCUT2D eigenvalue weighted by atomic mass is 10.2. The summed E-state index contributed by atoms with van der Waals surface area (Å²) in [5.41, 5.74) is 2.32. The first kappa shape index (κ1) is 15.1. The van der Waals surface area contributed by atoms with Crippen molar-refractivity contribution in [2.24, 2.45) is 0 Å². The molecule has 0 saturated carbocycles. The molecule has 5 heteroatoms. The molecule has 0 bridgehead atoms. The van der Waals surface area contributed by atoms with Gasteiger partial charge in [-0.05, 0) is 18.1 Å². The quantitative estimate of drug-likeness (QED) is 0.633. The van der Waals surface area contributed by atoms with Gasteiger partial charge in [-0.3, -0.25) is 0 Å². The van der Waals surface area contributed by atoms with Gasteiger partial charge in [-0.15, -0.1) is 11.8 Å². The van der Waals surface area contributed by atoms with Crippen LogP contribution in [-0.2, 0) is 12.2 Å². The van der Waals surface area contributed by atoms with E-state index in [-0.39, 0.29) is 0 Å². The number of benzene rings is 1. The Bertz CT molecular complexity index is 575. The van der Waals surface area contributed by atoms with E-state index in [2.05, 4.69) is 28.3 Å². The van der Waals surface area contributed by atoms with Gasteiger partial charge in [0.15, 0.2) is 0 Å². The van der Waals surface area contributed by atoms with Crippen molar-refractivity contribution in [1.29, 1.82) is 0 Å². The van der Waals surface area contributed by atoms with Gasteiger partial charge in [-0.2, -0.15) is 0 Å². The van der Waals surface area contributed by atoms with E-state index in [1.165, 1.54) is 5.56 Å². The van der Waals surface area contributed by atoms with Crippen LogP contribution in [0.25, 0.3) is 0 Å². The molecule has 20 heavy (non-hydrogen) atoms. The van der Waals surface area contributed by atoms with Gasteiger partial charge in [0.2, 0.25) is 0 Å². The van der Waals surface area contributed by atoms with Crippen molar-refractivity contribution in [1.82, 2.24) is 9.97 Å². The highest BCUT2D eigenvalue weighted by molar-refractivity contribution is 7.98. The van der Waals surface area contributed by atoms with Gasteiger partial charge in [0.1, 0.15) is 17.2 Å². The molecular weight excluding hydrogens is 290 g/mol. The monoisotopic (exact) mass is 307 g/mol. The molecule has 1 aromatic carbocycles. The smallest absolute Gasteiger partial charge is 0.133 e. The lowest BCUT2D eigenvalue weighted by Crippen LogP contribution is -2.02. The molecule has 2 rings (SSSR count). The first-order chi connectivity index (χ1) is 9.76. The third-order valence-electron chi connectivity index (χ3n) is 2.96. The number of aromatic nitrogens is 2. The van der Waals surface area contributed by atoms with Crippen LogP contribution >= 0.6 is 23.4 Å². The lowest BCUT2D eigenvalue weighted by molar-refractivity contribution is 0.858. The predicted molar refractivity (Wildman–Crippen MR) is 86.6 cm³/mol. The average Bonchev–Trinajstić information content (AvgIpc) is 2.47. The van der Waals surface area contributed by atoms with Crippen LogP contribution in [0.1, 0.15) is 24.5 Å². The number of halogens is 1. The summed E-state index contributed by atoms with van der Waals surface area (Å²) in [6.07, 6.45) is 3.66. The number of hydrogen-bond donors (Lipinski definition) is 1. The van der Waals surface area contributed by atoms with Crippen LogP contribution in [-0.4, -0.2) is 17.0 Å². The predicted octanol–water partition coefficient (Wildman–Crippen LogP) is 4.42. The van der Waals surface area contributed by atoms with E-state index >= 15 is 0 Å². The zero-order chi connectivity index (χ0) is 14.4. The van der Waals surface area contributed by atoms with Gasteiger partial charge in [0.05, 0.1) is 0 Å². The van der Waals surface area contributed by atoms with E-state index in [9.17, 15) is 0 Å². The maximum atomic E-state index is 6.19. The summed E-state index contributed by atoms with van der Waals surface area (Å²) in [6.45, 7) is 2.16. The summed E-state index contributed by atoms with van der Waals surface area (Å²) >= 11 is 7.90. The molecule has 106 valence electrons. The van der Waals surface area contributed by atoms with Gasteiger partial charge in [0.25, 0.3) is 0 Å². The lowest BCUT2D eigenvalue weighted by Gasteiger charge is -2.11. The summed E-state index contributed by atoms with van der Waals surface area (Å²) in [6, 6.07) is 7.93. The Hall–Kier alpha value is -1.26. The molecule has 1 aromatic heterocycles. The van der Waals surface area contributed by atoms with E-state index in [0.29, 0.717) is 0 Å². The summed E-state index contributed by atoms with van der Waals surface area (Å²) in [5, 5.41) is 4.98. The second-order valence-corrected chi connectivity index (χ2v) is 5.76. The summed E-state index contributed by atoms with van der Waals surface area (Å²) in [4.78, 5) is 8.71. The number of rotatable bonds is 6. The molecule has 0 radical (unpaired) electrons. The van der Waals surface area contributed by atoms with Gasteiger partial charge in [-0.25, -0.2) is 9.97 Å². The fourth-order valence-corrected chi connectivity index (χ4v) is 3.29. The zero-order valence-corrected chi connectivity index (χ0v) is 13.3. The summed E-state index contributed by atoms with van der Waals surface area (Å²) in [7, 11) is 1.89. The van der Waals surface area contributed by atoms with Crippen LogP contribution in [0, 0.1) is 0 Å². The third-order valence-corrected chi connectivity index (χ3v) is 4.41. The zero-order valence-electron chi connectivity index (χ0n) is 11.7. The first-order valence-electron chi connectivity index (χ1n) is 6.64. The minimum Gasteiger partial charge on any atom is -0.373 e.